The minimum absolute atomic E-state index is 1.04. The molecule has 0 saturated heterocycles. The molecule has 0 aliphatic rings. The Morgan fingerprint density at radius 2 is 1.59 bits per heavy atom. The van der Waals surface area contributed by atoms with Crippen LogP contribution < -0.4 is 0 Å². The maximum Gasteiger partial charge on any atom is 0.0596 e. The third kappa shape index (κ3) is 6.16. The molecule has 0 spiro atoms. The van der Waals surface area contributed by atoms with Crippen LogP contribution in [0.5, 0.6) is 0 Å². The third-order valence-corrected chi connectivity index (χ3v) is 3.45. The van der Waals surface area contributed by atoms with Gasteiger partial charge in [-0.05, 0) is 38.5 Å². The van der Waals surface area contributed by atoms with Crippen molar-refractivity contribution in [3.05, 3.63) is 17.5 Å². The summed E-state index contributed by atoms with van der Waals surface area (Å²) >= 11 is 4.22. The second kappa shape index (κ2) is 8.62. The summed E-state index contributed by atoms with van der Waals surface area (Å²) in [6, 6.07) is 2.15. The molecule has 0 aliphatic heterocycles. The van der Waals surface area contributed by atoms with E-state index in [1.165, 1.54) is 50.6 Å². The van der Waals surface area contributed by atoms with Crippen LogP contribution in [0.4, 0.5) is 0 Å². The molecular formula is C14H26N2S. The van der Waals surface area contributed by atoms with Crippen LogP contribution in [0.25, 0.3) is 0 Å². The molecule has 0 saturated carbocycles. The first-order valence-corrected chi connectivity index (χ1v) is 7.49. The van der Waals surface area contributed by atoms with Crippen LogP contribution >= 0.6 is 12.6 Å². The van der Waals surface area contributed by atoms with Crippen molar-refractivity contribution in [2.75, 3.05) is 5.75 Å². The zero-order valence-electron chi connectivity index (χ0n) is 11.3. The van der Waals surface area contributed by atoms with E-state index in [4.69, 9.17) is 0 Å². The van der Waals surface area contributed by atoms with Crippen molar-refractivity contribution in [1.29, 1.82) is 0 Å². The molecule has 2 nitrogen and oxygen atoms in total. The van der Waals surface area contributed by atoms with Gasteiger partial charge in [0.2, 0.25) is 0 Å². The van der Waals surface area contributed by atoms with E-state index < -0.39 is 0 Å². The summed E-state index contributed by atoms with van der Waals surface area (Å²) in [6.07, 6.45) is 9.33. The Labute approximate surface area is 111 Å². The molecule has 0 fully saturated rings. The number of aryl methyl sites for hydroxylation is 3. The van der Waals surface area contributed by atoms with Crippen LogP contribution in [0, 0.1) is 13.8 Å². The lowest BCUT2D eigenvalue weighted by atomic mass is 10.1. The second-order valence-corrected chi connectivity index (χ2v) is 5.30. The molecule has 1 heterocycles. The molecule has 3 heteroatoms. The predicted octanol–water partition coefficient (Wildman–Crippen LogP) is 4.16. The first kappa shape index (κ1) is 14.6. The van der Waals surface area contributed by atoms with Crippen LogP contribution in [0.2, 0.25) is 0 Å². The average molecular weight is 254 g/mol. The van der Waals surface area contributed by atoms with Crippen molar-refractivity contribution in [2.24, 2.45) is 0 Å². The molecule has 0 radical (unpaired) electrons. The minimum Gasteiger partial charge on any atom is -0.270 e. The van der Waals surface area contributed by atoms with Gasteiger partial charge in [-0.2, -0.15) is 17.7 Å². The smallest absolute Gasteiger partial charge is 0.0596 e. The Morgan fingerprint density at radius 3 is 2.12 bits per heavy atom. The highest BCUT2D eigenvalue weighted by atomic mass is 32.1. The Kier molecular flexibility index (Phi) is 7.41. The molecule has 1 aromatic rings. The zero-order valence-corrected chi connectivity index (χ0v) is 12.2. The fourth-order valence-electron chi connectivity index (χ4n) is 2.16. The van der Waals surface area contributed by atoms with Gasteiger partial charge in [0.1, 0.15) is 0 Å². The molecule has 98 valence electrons. The molecule has 0 atom stereocenters. The highest BCUT2D eigenvalue weighted by Crippen LogP contribution is 2.09. The molecule has 17 heavy (non-hydrogen) atoms. The van der Waals surface area contributed by atoms with Crippen LogP contribution in [0.3, 0.4) is 0 Å². The van der Waals surface area contributed by atoms with Gasteiger partial charge in [0.05, 0.1) is 5.69 Å². The van der Waals surface area contributed by atoms with Gasteiger partial charge in [-0.15, -0.1) is 0 Å². The maximum absolute atomic E-state index is 4.48. The molecule has 0 bridgehead atoms. The van der Waals surface area contributed by atoms with Gasteiger partial charge < -0.3 is 0 Å². The molecule has 0 N–H and O–H groups in total. The molecule has 0 aliphatic carbocycles. The van der Waals surface area contributed by atoms with Gasteiger partial charge in [0.15, 0.2) is 0 Å². The number of thiol groups is 1. The monoisotopic (exact) mass is 254 g/mol. The van der Waals surface area contributed by atoms with E-state index in [9.17, 15) is 0 Å². The molecule has 0 amide bonds. The van der Waals surface area contributed by atoms with Crippen LogP contribution in [-0.2, 0) is 6.54 Å². The number of nitrogens with zero attached hydrogens (tertiary/aromatic N) is 2. The predicted molar refractivity (Wildman–Crippen MR) is 77.9 cm³/mol. The highest BCUT2D eigenvalue weighted by molar-refractivity contribution is 7.80. The summed E-state index contributed by atoms with van der Waals surface area (Å²) in [4.78, 5) is 0. The number of hydrogen-bond acceptors (Lipinski definition) is 2. The lowest BCUT2D eigenvalue weighted by Gasteiger charge is -2.04. The number of hydrogen-bond donors (Lipinski definition) is 1. The van der Waals surface area contributed by atoms with Crippen molar-refractivity contribution >= 4 is 12.6 Å². The van der Waals surface area contributed by atoms with Crippen LogP contribution in [-0.4, -0.2) is 15.5 Å². The van der Waals surface area contributed by atoms with E-state index in [-0.39, 0.29) is 0 Å². The summed E-state index contributed by atoms with van der Waals surface area (Å²) in [7, 11) is 0. The van der Waals surface area contributed by atoms with E-state index in [2.05, 4.69) is 42.3 Å². The average Bonchev–Trinajstić information content (AvgIpc) is 2.61. The van der Waals surface area contributed by atoms with Gasteiger partial charge in [-0.3, -0.25) is 4.68 Å². The standard InChI is InChI=1S/C14H26N2S/c1-13-12-14(2)16(15-13)10-8-6-4-3-5-7-9-11-17/h12,17H,3-11H2,1-2H3. The topological polar surface area (TPSA) is 17.8 Å². The van der Waals surface area contributed by atoms with E-state index in [0.29, 0.717) is 0 Å². The van der Waals surface area contributed by atoms with E-state index in [1.54, 1.807) is 0 Å². The van der Waals surface area contributed by atoms with E-state index >= 15 is 0 Å². The molecule has 0 aromatic carbocycles. The third-order valence-electron chi connectivity index (χ3n) is 3.13. The number of unbranched alkanes of at least 4 members (excludes halogenated alkanes) is 6. The first-order chi connectivity index (χ1) is 8.24. The molecule has 1 rings (SSSR count). The SMILES string of the molecule is Cc1cc(C)n(CCCCCCCCCS)n1. The van der Waals surface area contributed by atoms with Gasteiger partial charge in [0, 0.05) is 12.2 Å². The summed E-state index contributed by atoms with van der Waals surface area (Å²) in [5.41, 5.74) is 2.42. The molecule has 1 aromatic heterocycles. The lowest BCUT2D eigenvalue weighted by molar-refractivity contribution is 0.515. The van der Waals surface area contributed by atoms with Crippen LogP contribution in [0.1, 0.15) is 56.3 Å². The zero-order chi connectivity index (χ0) is 12.5. The summed E-state index contributed by atoms with van der Waals surface area (Å²) in [5.74, 6) is 1.04. The van der Waals surface area contributed by atoms with Crippen molar-refractivity contribution in [3.63, 3.8) is 0 Å². The fourth-order valence-corrected chi connectivity index (χ4v) is 2.38. The van der Waals surface area contributed by atoms with Gasteiger partial charge >= 0.3 is 0 Å². The fraction of sp³-hybridized carbons (Fsp3) is 0.786. The summed E-state index contributed by atoms with van der Waals surface area (Å²) in [5, 5.41) is 4.48. The van der Waals surface area contributed by atoms with Gasteiger partial charge in [-0.25, -0.2) is 0 Å². The molecular weight excluding hydrogens is 228 g/mol. The maximum atomic E-state index is 4.48. The lowest BCUT2D eigenvalue weighted by Crippen LogP contribution is -2.02. The van der Waals surface area contributed by atoms with E-state index in [1.807, 2.05) is 0 Å². The first-order valence-electron chi connectivity index (χ1n) is 6.86. The summed E-state index contributed by atoms with van der Waals surface area (Å²) < 4.78 is 2.14. The van der Waals surface area contributed by atoms with Crippen molar-refractivity contribution in [1.82, 2.24) is 9.78 Å². The Bertz CT molecular complexity index is 307. The van der Waals surface area contributed by atoms with Crippen molar-refractivity contribution in [2.45, 2.75) is 65.3 Å². The largest absolute Gasteiger partial charge is 0.270 e. The van der Waals surface area contributed by atoms with Crippen molar-refractivity contribution in [3.8, 4) is 0 Å². The van der Waals surface area contributed by atoms with Crippen LogP contribution in [0.15, 0.2) is 6.07 Å². The second-order valence-electron chi connectivity index (χ2n) is 4.85. The van der Waals surface area contributed by atoms with Gasteiger partial charge in [0.25, 0.3) is 0 Å². The molecule has 0 unspecified atom stereocenters. The van der Waals surface area contributed by atoms with Crippen molar-refractivity contribution < 1.29 is 0 Å². The highest BCUT2D eigenvalue weighted by Gasteiger charge is 1.99. The Morgan fingerprint density at radius 1 is 1.00 bits per heavy atom. The Balaban J connectivity index is 1.99. The van der Waals surface area contributed by atoms with Gasteiger partial charge in [-0.1, -0.05) is 32.1 Å². The normalized spacial score (nSPS) is 11.0. The minimum atomic E-state index is 1.04. The summed E-state index contributed by atoms with van der Waals surface area (Å²) in [6.45, 7) is 5.28. The van der Waals surface area contributed by atoms with E-state index in [0.717, 1.165) is 18.0 Å². The Hall–Kier alpha value is -0.440. The number of aromatic nitrogens is 2. The number of rotatable bonds is 9. The quantitative estimate of drug-likeness (QED) is 0.517.